The number of anilines is 1. The highest BCUT2D eigenvalue weighted by Crippen LogP contribution is 2.39. The van der Waals surface area contributed by atoms with Crippen LogP contribution in [0.15, 0.2) is 82.7 Å². The maximum Gasteiger partial charge on any atom is 0.283 e. The fourth-order valence-electron chi connectivity index (χ4n) is 3.23. The summed E-state index contributed by atoms with van der Waals surface area (Å²) in [4.78, 5) is 12.5. The Morgan fingerprint density at radius 2 is 1.83 bits per heavy atom. The smallest absolute Gasteiger partial charge is 0.283 e. The van der Waals surface area contributed by atoms with Crippen LogP contribution in [0.3, 0.4) is 0 Å². The summed E-state index contributed by atoms with van der Waals surface area (Å²) in [5.41, 5.74) is 3.03. The lowest BCUT2D eigenvalue weighted by Gasteiger charge is -2.07. The molecule has 0 aliphatic rings. The van der Waals surface area contributed by atoms with E-state index in [1.807, 2.05) is 31.4 Å². The Morgan fingerprint density at radius 3 is 2.55 bits per heavy atom. The topological polar surface area (TPSA) is 60.1 Å². The summed E-state index contributed by atoms with van der Waals surface area (Å²) in [6.45, 7) is 0.571. The Kier molecular flexibility index (Phi) is 5.22. The Bertz CT molecular complexity index is 1190. The second-order valence-corrected chi connectivity index (χ2v) is 7.64. The van der Waals surface area contributed by atoms with Crippen LogP contribution < -0.4 is 5.32 Å². The van der Waals surface area contributed by atoms with E-state index in [-0.39, 0.29) is 16.4 Å². The molecule has 0 saturated heterocycles. The maximum atomic E-state index is 13.3. The molecule has 0 aliphatic carbocycles. The molecule has 1 aromatic heterocycles. The van der Waals surface area contributed by atoms with Crippen LogP contribution in [0.25, 0.3) is 10.9 Å². The summed E-state index contributed by atoms with van der Waals surface area (Å²) in [6.07, 6.45) is 1.99. The first kappa shape index (κ1) is 19.0. The summed E-state index contributed by atoms with van der Waals surface area (Å²) < 4.78 is 15.3. The first-order valence-corrected chi connectivity index (χ1v) is 9.83. The van der Waals surface area contributed by atoms with Crippen molar-refractivity contribution in [3.05, 3.63) is 94.4 Å². The Hall–Kier alpha value is -3.32. The van der Waals surface area contributed by atoms with Gasteiger partial charge in [-0.05, 0) is 42.0 Å². The number of para-hydroxylation sites is 1. The van der Waals surface area contributed by atoms with Gasteiger partial charge >= 0.3 is 0 Å². The normalized spacial score (nSPS) is 11.0. The van der Waals surface area contributed by atoms with Crippen LogP contribution in [0, 0.1) is 15.9 Å². The van der Waals surface area contributed by atoms with Gasteiger partial charge < -0.3 is 9.88 Å². The molecule has 4 rings (SSSR count). The van der Waals surface area contributed by atoms with Crippen molar-refractivity contribution in [2.24, 2.45) is 0 Å². The number of hydrogen-bond donors (Lipinski definition) is 1. The lowest BCUT2D eigenvalue weighted by atomic mass is 10.2. The molecular formula is C22H18FN3O2S. The summed E-state index contributed by atoms with van der Waals surface area (Å²) in [7, 11) is 1.86. The van der Waals surface area contributed by atoms with Gasteiger partial charge in [0, 0.05) is 41.8 Å². The molecule has 3 aromatic carbocycles. The molecule has 1 heterocycles. The predicted octanol–water partition coefficient (Wildman–Crippen LogP) is 5.93. The van der Waals surface area contributed by atoms with Gasteiger partial charge in [-0.1, -0.05) is 36.0 Å². The maximum absolute atomic E-state index is 13.3. The molecule has 5 nitrogen and oxygen atoms in total. The molecule has 7 heteroatoms. The van der Waals surface area contributed by atoms with Crippen molar-refractivity contribution in [1.82, 2.24) is 4.57 Å². The van der Waals surface area contributed by atoms with Crippen LogP contribution in [0.4, 0.5) is 15.8 Å². The van der Waals surface area contributed by atoms with E-state index < -0.39 is 0 Å². The standard InChI is InChI=1S/C22H18FN3O2S/c1-24-17-10-11-18-20(12-17)25(13-15-6-8-16(23)9-7-15)14-22(18)29-21-5-3-2-4-19(21)26(27)28/h2-12,14,24H,13H2,1H3. The predicted molar refractivity (Wildman–Crippen MR) is 114 cm³/mol. The van der Waals surface area contributed by atoms with Crippen LogP contribution in [-0.4, -0.2) is 16.5 Å². The van der Waals surface area contributed by atoms with Gasteiger partial charge in [0.15, 0.2) is 0 Å². The number of benzene rings is 3. The second kappa shape index (κ2) is 7.97. The van der Waals surface area contributed by atoms with Gasteiger partial charge in [0.1, 0.15) is 5.82 Å². The van der Waals surface area contributed by atoms with E-state index in [1.54, 1.807) is 30.3 Å². The number of rotatable bonds is 6. The van der Waals surface area contributed by atoms with E-state index in [1.165, 1.54) is 30.0 Å². The highest BCUT2D eigenvalue weighted by atomic mass is 32.2. The number of halogens is 1. The lowest BCUT2D eigenvalue weighted by Crippen LogP contribution is -1.98. The van der Waals surface area contributed by atoms with E-state index in [0.29, 0.717) is 11.4 Å². The van der Waals surface area contributed by atoms with E-state index in [4.69, 9.17) is 0 Å². The van der Waals surface area contributed by atoms with Gasteiger partial charge in [-0.25, -0.2) is 4.39 Å². The Labute approximate surface area is 171 Å². The van der Waals surface area contributed by atoms with Crippen molar-refractivity contribution in [2.45, 2.75) is 16.3 Å². The van der Waals surface area contributed by atoms with Crippen LogP contribution in [0.5, 0.6) is 0 Å². The molecular weight excluding hydrogens is 389 g/mol. The van der Waals surface area contributed by atoms with Crippen molar-refractivity contribution < 1.29 is 9.31 Å². The number of fused-ring (bicyclic) bond motifs is 1. The van der Waals surface area contributed by atoms with Gasteiger partial charge in [0.05, 0.1) is 15.3 Å². The number of hydrogen-bond acceptors (Lipinski definition) is 4. The van der Waals surface area contributed by atoms with E-state index >= 15 is 0 Å². The molecule has 0 aliphatic heterocycles. The van der Waals surface area contributed by atoms with Crippen molar-refractivity contribution in [2.75, 3.05) is 12.4 Å². The van der Waals surface area contributed by atoms with Gasteiger partial charge in [0.2, 0.25) is 0 Å². The molecule has 0 bridgehead atoms. The zero-order chi connectivity index (χ0) is 20.4. The summed E-state index contributed by atoms with van der Waals surface area (Å²) in [5.74, 6) is -0.267. The van der Waals surface area contributed by atoms with Crippen LogP contribution in [0.1, 0.15) is 5.56 Å². The number of nitro groups is 1. The van der Waals surface area contributed by atoms with Crippen LogP contribution >= 0.6 is 11.8 Å². The molecule has 146 valence electrons. The minimum absolute atomic E-state index is 0.0868. The van der Waals surface area contributed by atoms with Crippen LogP contribution in [-0.2, 0) is 6.54 Å². The average Bonchev–Trinajstić information content (AvgIpc) is 3.06. The number of nitrogens with zero attached hydrogens (tertiary/aromatic N) is 2. The van der Waals surface area contributed by atoms with Crippen molar-refractivity contribution >= 4 is 34.0 Å². The van der Waals surface area contributed by atoms with Gasteiger partial charge in [-0.3, -0.25) is 10.1 Å². The molecule has 0 atom stereocenters. The first-order valence-electron chi connectivity index (χ1n) is 9.01. The summed E-state index contributed by atoms with van der Waals surface area (Å²) >= 11 is 1.38. The van der Waals surface area contributed by atoms with Gasteiger partial charge in [0.25, 0.3) is 5.69 Å². The van der Waals surface area contributed by atoms with Gasteiger partial charge in [-0.2, -0.15) is 0 Å². The number of aromatic nitrogens is 1. The minimum Gasteiger partial charge on any atom is -0.388 e. The first-order chi connectivity index (χ1) is 14.0. The molecule has 1 N–H and O–H groups in total. The third kappa shape index (κ3) is 3.95. The van der Waals surface area contributed by atoms with Crippen molar-refractivity contribution in [3.8, 4) is 0 Å². The second-order valence-electron chi connectivity index (χ2n) is 6.56. The monoisotopic (exact) mass is 407 g/mol. The fourth-order valence-corrected chi connectivity index (χ4v) is 4.32. The average molecular weight is 407 g/mol. The molecule has 0 unspecified atom stereocenters. The zero-order valence-electron chi connectivity index (χ0n) is 15.6. The molecule has 0 radical (unpaired) electrons. The van der Waals surface area contributed by atoms with Crippen LogP contribution in [0.2, 0.25) is 0 Å². The Balaban J connectivity index is 1.78. The SMILES string of the molecule is CNc1ccc2c(Sc3ccccc3[N+](=O)[O-])cn(Cc3ccc(F)cc3)c2c1. The number of nitro benzene ring substituents is 1. The summed E-state index contributed by atoms with van der Waals surface area (Å²) in [5, 5.41) is 15.5. The zero-order valence-corrected chi connectivity index (χ0v) is 16.4. The summed E-state index contributed by atoms with van der Waals surface area (Å²) in [6, 6.07) is 19.2. The molecule has 0 spiro atoms. The molecule has 0 saturated carbocycles. The molecule has 0 fully saturated rings. The highest BCUT2D eigenvalue weighted by molar-refractivity contribution is 7.99. The fraction of sp³-hybridized carbons (Fsp3) is 0.0909. The number of nitrogens with one attached hydrogen (secondary N) is 1. The molecule has 4 aromatic rings. The molecule has 0 amide bonds. The van der Waals surface area contributed by atoms with Crippen molar-refractivity contribution in [3.63, 3.8) is 0 Å². The van der Waals surface area contributed by atoms with Gasteiger partial charge in [-0.15, -0.1) is 0 Å². The molecule has 29 heavy (non-hydrogen) atoms. The quantitative estimate of drug-likeness (QED) is 0.318. The minimum atomic E-state index is -0.362. The third-order valence-corrected chi connectivity index (χ3v) is 5.79. The lowest BCUT2D eigenvalue weighted by molar-refractivity contribution is -0.387. The third-order valence-electron chi connectivity index (χ3n) is 4.68. The van der Waals surface area contributed by atoms with Crippen molar-refractivity contribution in [1.29, 1.82) is 0 Å². The largest absolute Gasteiger partial charge is 0.388 e. The Morgan fingerprint density at radius 1 is 1.07 bits per heavy atom. The van der Waals surface area contributed by atoms with E-state index in [2.05, 4.69) is 9.88 Å². The highest BCUT2D eigenvalue weighted by Gasteiger charge is 2.17. The van der Waals surface area contributed by atoms with E-state index in [9.17, 15) is 14.5 Å². The van der Waals surface area contributed by atoms with E-state index in [0.717, 1.165) is 27.0 Å².